The lowest BCUT2D eigenvalue weighted by Crippen LogP contribution is -2.41. The van der Waals surface area contributed by atoms with E-state index in [0.29, 0.717) is 6.04 Å². The molecule has 0 bridgehead atoms. The highest BCUT2D eigenvalue weighted by Gasteiger charge is 2.23. The van der Waals surface area contributed by atoms with Crippen LogP contribution in [0.25, 0.3) is 0 Å². The summed E-state index contributed by atoms with van der Waals surface area (Å²) in [5, 5.41) is 7.98. The van der Waals surface area contributed by atoms with E-state index in [4.69, 9.17) is 0 Å². The molecule has 2 heterocycles. The predicted octanol–water partition coefficient (Wildman–Crippen LogP) is 1.94. The highest BCUT2D eigenvalue weighted by Crippen LogP contribution is 2.22. The smallest absolute Gasteiger partial charge is 0.0597 e. The van der Waals surface area contributed by atoms with Gasteiger partial charge >= 0.3 is 0 Å². The van der Waals surface area contributed by atoms with Crippen LogP contribution < -0.4 is 5.32 Å². The van der Waals surface area contributed by atoms with Gasteiger partial charge in [-0.25, -0.2) is 0 Å². The van der Waals surface area contributed by atoms with Crippen LogP contribution in [0.15, 0.2) is 6.07 Å². The fourth-order valence-electron chi connectivity index (χ4n) is 3.14. The van der Waals surface area contributed by atoms with Gasteiger partial charge in [0.1, 0.15) is 0 Å². The number of piperidine rings is 1. The number of hydrogen-bond acceptors (Lipinski definition) is 3. The van der Waals surface area contributed by atoms with E-state index in [1.807, 2.05) is 11.7 Å². The molecule has 0 radical (unpaired) electrons. The molecule has 0 saturated carbocycles. The summed E-state index contributed by atoms with van der Waals surface area (Å²) in [5.41, 5.74) is 2.45. The molecule has 1 atom stereocenters. The molecule has 0 amide bonds. The van der Waals surface area contributed by atoms with Crippen molar-refractivity contribution in [3.05, 3.63) is 17.5 Å². The van der Waals surface area contributed by atoms with E-state index in [9.17, 15) is 0 Å². The van der Waals surface area contributed by atoms with E-state index in [2.05, 4.69) is 42.2 Å². The first kappa shape index (κ1) is 14.5. The maximum absolute atomic E-state index is 4.42. The van der Waals surface area contributed by atoms with Gasteiger partial charge in [-0.05, 0) is 58.3 Å². The Kier molecular flexibility index (Phi) is 4.99. The summed E-state index contributed by atoms with van der Waals surface area (Å²) in [6.07, 6.45) is 2.62. The predicted molar refractivity (Wildman–Crippen MR) is 79.1 cm³/mol. The molecule has 1 aromatic heterocycles. The molecular weight excluding hydrogens is 236 g/mol. The number of aromatic nitrogens is 2. The minimum Gasteiger partial charge on any atom is -0.314 e. The van der Waals surface area contributed by atoms with Crippen molar-refractivity contribution in [2.75, 3.05) is 19.6 Å². The summed E-state index contributed by atoms with van der Waals surface area (Å²) in [6.45, 7) is 11.1. The molecule has 1 aromatic rings. The van der Waals surface area contributed by atoms with Gasteiger partial charge in [-0.15, -0.1) is 0 Å². The van der Waals surface area contributed by atoms with Gasteiger partial charge < -0.3 is 5.32 Å². The summed E-state index contributed by atoms with van der Waals surface area (Å²) in [7, 11) is 2.04. The molecule has 1 aliphatic rings. The molecule has 19 heavy (non-hydrogen) atoms. The second-order valence-electron chi connectivity index (χ2n) is 5.86. The Labute approximate surface area is 117 Å². The van der Waals surface area contributed by atoms with Crippen LogP contribution in [0.5, 0.6) is 0 Å². The number of likely N-dealkylation sites (tertiary alicyclic amines) is 1. The van der Waals surface area contributed by atoms with Crippen molar-refractivity contribution in [2.24, 2.45) is 13.0 Å². The lowest BCUT2D eigenvalue weighted by Gasteiger charge is -2.35. The average Bonchev–Trinajstić information content (AvgIpc) is 2.69. The summed E-state index contributed by atoms with van der Waals surface area (Å²) in [5.74, 6) is 0.837. The van der Waals surface area contributed by atoms with Crippen molar-refractivity contribution < 1.29 is 0 Å². The van der Waals surface area contributed by atoms with Crippen molar-refractivity contribution in [3.63, 3.8) is 0 Å². The summed E-state index contributed by atoms with van der Waals surface area (Å²) in [6, 6.07) is 2.86. The van der Waals surface area contributed by atoms with Crippen molar-refractivity contribution >= 4 is 0 Å². The van der Waals surface area contributed by atoms with E-state index >= 15 is 0 Å². The zero-order valence-corrected chi connectivity index (χ0v) is 12.8. The molecule has 1 unspecified atom stereocenters. The van der Waals surface area contributed by atoms with E-state index in [1.165, 1.54) is 31.6 Å². The van der Waals surface area contributed by atoms with E-state index in [0.717, 1.165) is 24.7 Å². The minimum atomic E-state index is 0.658. The van der Waals surface area contributed by atoms with Crippen LogP contribution in [0, 0.1) is 12.8 Å². The SMILES string of the molecule is CCNC(C)C1CCN(Cc2cc(C)nn2C)CC1. The van der Waals surface area contributed by atoms with Crippen LogP contribution in [-0.4, -0.2) is 40.4 Å². The lowest BCUT2D eigenvalue weighted by atomic mass is 9.90. The normalized spacial score (nSPS) is 19.8. The monoisotopic (exact) mass is 264 g/mol. The molecule has 1 fully saturated rings. The molecule has 1 saturated heterocycles. The van der Waals surface area contributed by atoms with Crippen LogP contribution in [0.4, 0.5) is 0 Å². The first-order chi connectivity index (χ1) is 9.10. The molecule has 4 heteroatoms. The van der Waals surface area contributed by atoms with Crippen LogP contribution in [-0.2, 0) is 13.6 Å². The third kappa shape index (κ3) is 3.80. The van der Waals surface area contributed by atoms with Crippen molar-refractivity contribution in [3.8, 4) is 0 Å². The molecule has 0 aromatic carbocycles. The van der Waals surface area contributed by atoms with Gasteiger partial charge in [0, 0.05) is 19.6 Å². The van der Waals surface area contributed by atoms with E-state index in [1.54, 1.807) is 0 Å². The van der Waals surface area contributed by atoms with Crippen molar-refractivity contribution in [1.29, 1.82) is 0 Å². The van der Waals surface area contributed by atoms with Gasteiger partial charge in [-0.2, -0.15) is 5.10 Å². The molecular formula is C15H28N4. The summed E-state index contributed by atoms with van der Waals surface area (Å²) in [4.78, 5) is 2.56. The Morgan fingerprint density at radius 3 is 2.63 bits per heavy atom. The molecule has 1 aliphatic heterocycles. The Morgan fingerprint density at radius 1 is 1.42 bits per heavy atom. The summed E-state index contributed by atoms with van der Waals surface area (Å²) < 4.78 is 2.02. The maximum atomic E-state index is 4.42. The molecule has 1 N–H and O–H groups in total. The van der Waals surface area contributed by atoms with Crippen LogP contribution >= 0.6 is 0 Å². The minimum absolute atomic E-state index is 0.658. The quantitative estimate of drug-likeness (QED) is 0.882. The van der Waals surface area contributed by atoms with Gasteiger partial charge in [0.25, 0.3) is 0 Å². The maximum Gasteiger partial charge on any atom is 0.0597 e. The largest absolute Gasteiger partial charge is 0.314 e. The third-order valence-corrected chi connectivity index (χ3v) is 4.35. The van der Waals surface area contributed by atoms with Crippen LogP contribution in [0.2, 0.25) is 0 Å². The zero-order chi connectivity index (χ0) is 13.8. The van der Waals surface area contributed by atoms with Gasteiger partial charge in [0.2, 0.25) is 0 Å². The van der Waals surface area contributed by atoms with Gasteiger partial charge in [0.15, 0.2) is 0 Å². The number of nitrogens with one attached hydrogen (secondary N) is 1. The summed E-state index contributed by atoms with van der Waals surface area (Å²) >= 11 is 0. The second-order valence-corrected chi connectivity index (χ2v) is 5.86. The average molecular weight is 264 g/mol. The van der Waals surface area contributed by atoms with Crippen LogP contribution in [0.1, 0.15) is 38.1 Å². The van der Waals surface area contributed by atoms with Crippen molar-refractivity contribution in [1.82, 2.24) is 20.0 Å². The lowest BCUT2D eigenvalue weighted by molar-refractivity contribution is 0.154. The Balaban J connectivity index is 1.82. The van der Waals surface area contributed by atoms with E-state index in [-0.39, 0.29) is 0 Å². The Morgan fingerprint density at radius 2 is 2.11 bits per heavy atom. The highest BCUT2D eigenvalue weighted by molar-refractivity contribution is 5.08. The molecule has 0 aliphatic carbocycles. The van der Waals surface area contributed by atoms with E-state index < -0.39 is 0 Å². The van der Waals surface area contributed by atoms with Crippen molar-refractivity contribution in [2.45, 2.75) is 46.2 Å². The fraction of sp³-hybridized carbons (Fsp3) is 0.800. The standard InChI is InChI=1S/C15H28N4/c1-5-16-13(3)14-6-8-19(9-7-14)11-15-10-12(2)17-18(15)4/h10,13-14,16H,5-9,11H2,1-4H3. The Bertz CT molecular complexity index is 391. The number of hydrogen-bond donors (Lipinski definition) is 1. The Hall–Kier alpha value is -0.870. The topological polar surface area (TPSA) is 33.1 Å². The second kappa shape index (κ2) is 6.53. The third-order valence-electron chi connectivity index (χ3n) is 4.35. The van der Waals surface area contributed by atoms with Gasteiger partial charge in [0.05, 0.1) is 11.4 Å². The van der Waals surface area contributed by atoms with Crippen LogP contribution in [0.3, 0.4) is 0 Å². The number of aryl methyl sites for hydroxylation is 2. The first-order valence-electron chi connectivity index (χ1n) is 7.55. The first-order valence-corrected chi connectivity index (χ1v) is 7.55. The molecule has 0 spiro atoms. The van der Waals surface area contributed by atoms with Gasteiger partial charge in [-0.1, -0.05) is 6.92 Å². The zero-order valence-electron chi connectivity index (χ0n) is 12.8. The van der Waals surface area contributed by atoms with Gasteiger partial charge in [-0.3, -0.25) is 9.58 Å². The number of rotatable bonds is 5. The molecule has 108 valence electrons. The number of nitrogens with zero attached hydrogens (tertiary/aromatic N) is 3. The highest BCUT2D eigenvalue weighted by atomic mass is 15.3. The molecule has 4 nitrogen and oxygen atoms in total. The fourth-order valence-corrected chi connectivity index (χ4v) is 3.14. The molecule has 2 rings (SSSR count).